The van der Waals surface area contributed by atoms with Crippen LogP contribution in [0.5, 0.6) is 0 Å². The molecule has 0 unspecified atom stereocenters. The molecular formula is C15H10FNS. The molecule has 0 aliphatic rings. The Kier molecular flexibility index (Phi) is 2.99. The van der Waals surface area contributed by atoms with Crippen molar-refractivity contribution >= 4 is 22.7 Å². The van der Waals surface area contributed by atoms with Gasteiger partial charge in [-0.2, -0.15) is 0 Å². The van der Waals surface area contributed by atoms with Gasteiger partial charge in [-0.15, -0.1) is 0 Å². The van der Waals surface area contributed by atoms with E-state index in [1.54, 1.807) is 6.07 Å². The van der Waals surface area contributed by atoms with Crippen molar-refractivity contribution in [1.29, 1.82) is 0 Å². The second kappa shape index (κ2) is 4.78. The van der Waals surface area contributed by atoms with Crippen LogP contribution in [-0.2, 0) is 0 Å². The predicted molar refractivity (Wildman–Crippen MR) is 72.3 cm³/mol. The Morgan fingerprint density at radius 1 is 0.889 bits per heavy atom. The molecule has 0 aliphatic carbocycles. The van der Waals surface area contributed by atoms with E-state index >= 15 is 0 Å². The van der Waals surface area contributed by atoms with Crippen LogP contribution in [-0.4, -0.2) is 4.98 Å². The summed E-state index contributed by atoms with van der Waals surface area (Å²) in [4.78, 5) is 6.28. The highest BCUT2D eigenvalue weighted by atomic mass is 32.2. The van der Waals surface area contributed by atoms with Crippen LogP contribution in [0.4, 0.5) is 4.39 Å². The number of benzene rings is 2. The van der Waals surface area contributed by atoms with Crippen molar-refractivity contribution in [2.45, 2.75) is 9.79 Å². The van der Waals surface area contributed by atoms with Crippen LogP contribution in [0.2, 0.25) is 0 Å². The summed E-state index contributed by atoms with van der Waals surface area (Å²) < 4.78 is 13.1. The summed E-state index contributed by atoms with van der Waals surface area (Å²) in [5.41, 5.74) is 0.973. The first-order chi connectivity index (χ1) is 8.81. The van der Waals surface area contributed by atoms with Crippen molar-refractivity contribution in [3.05, 3.63) is 66.6 Å². The van der Waals surface area contributed by atoms with Gasteiger partial charge in [-0.05, 0) is 30.3 Å². The van der Waals surface area contributed by atoms with Crippen LogP contribution >= 0.6 is 11.8 Å². The van der Waals surface area contributed by atoms with Crippen LogP contribution in [0, 0.1) is 5.82 Å². The monoisotopic (exact) mass is 255 g/mol. The minimum Gasteiger partial charge on any atom is -0.255 e. The van der Waals surface area contributed by atoms with Gasteiger partial charge in [0.25, 0.3) is 0 Å². The molecule has 3 rings (SSSR count). The molecule has 0 saturated carbocycles. The smallest absolute Gasteiger partial charge is 0.124 e. The van der Waals surface area contributed by atoms with Crippen molar-refractivity contribution < 1.29 is 4.39 Å². The standard InChI is InChI=1S/C15H10FNS/c16-12-5-3-6-13(9-12)18-14-8-11-4-1-2-7-15(11)17-10-14/h1-10H. The molecule has 0 bridgehead atoms. The van der Waals surface area contributed by atoms with Crippen LogP contribution in [0.1, 0.15) is 0 Å². The zero-order chi connectivity index (χ0) is 12.4. The molecule has 1 heterocycles. The Hall–Kier alpha value is -1.87. The SMILES string of the molecule is Fc1cccc(Sc2cnc3ccccc3c2)c1. The number of nitrogens with zero attached hydrogens (tertiary/aromatic N) is 1. The number of rotatable bonds is 2. The maximum absolute atomic E-state index is 13.1. The van der Waals surface area contributed by atoms with E-state index in [1.807, 2.05) is 36.5 Å². The molecule has 0 atom stereocenters. The molecule has 0 saturated heterocycles. The van der Waals surface area contributed by atoms with Crippen LogP contribution in [0.15, 0.2) is 70.6 Å². The summed E-state index contributed by atoms with van der Waals surface area (Å²) in [6.07, 6.45) is 1.82. The fraction of sp³-hybridized carbons (Fsp3) is 0. The summed E-state index contributed by atoms with van der Waals surface area (Å²) in [5, 5.41) is 1.10. The van der Waals surface area contributed by atoms with Gasteiger partial charge in [-0.1, -0.05) is 36.0 Å². The lowest BCUT2D eigenvalue weighted by atomic mass is 10.2. The minimum absolute atomic E-state index is 0.214. The second-order valence-corrected chi connectivity index (χ2v) is 5.07. The van der Waals surface area contributed by atoms with Gasteiger partial charge in [-0.3, -0.25) is 4.98 Å². The number of para-hydroxylation sites is 1. The number of fused-ring (bicyclic) bond motifs is 1. The summed E-state index contributed by atoms with van der Waals surface area (Å²) >= 11 is 1.51. The van der Waals surface area contributed by atoms with Gasteiger partial charge in [0.2, 0.25) is 0 Å². The highest BCUT2D eigenvalue weighted by Crippen LogP contribution is 2.29. The Balaban J connectivity index is 1.95. The van der Waals surface area contributed by atoms with Crippen LogP contribution in [0.25, 0.3) is 10.9 Å². The van der Waals surface area contributed by atoms with E-state index in [0.717, 1.165) is 20.7 Å². The lowest BCUT2D eigenvalue weighted by Crippen LogP contribution is -1.81. The highest BCUT2D eigenvalue weighted by molar-refractivity contribution is 7.99. The van der Waals surface area contributed by atoms with Gasteiger partial charge in [0.15, 0.2) is 0 Å². The maximum Gasteiger partial charge on any atom is 0.124 e. The lowest BCUT2D eigenvalue weighted by Gasteiger charge is -2.03. The molecule has 0 aliphatic heterocycles. The van der Waals surface area contributed by atoms with Gasteiger partial charge in [-0.25, -0.2) is 4.39 Å². The van der Waals surface area contributed by atoms with Gasteiger partial charge in [0.1, 0.15) is 5.82 Å². The van der Waals surface area contributed by atoms with E-state index in [2.05, 4.69) is 11.1 Å². The third kappa shape index (κ3) is 2.36. The fourth-order valence-corrected chi connectivity index (χ4v) is 2.65. The maximum atomic E-state index is 13.1. The summed E-state index contributed by atoms with van der Waals surface area (Å²) in [7, 11) is 0. The number of halogens is 1. The zero-order valence-electron chi connectivity index (χ0n) is 9.51. The molecule has 0 N–H and O–H groups in total. The fourth-order valence-electron chi connectivity index (χ4n) is 1.77. The van der Waals surface area contributed by atoms with E-state index in [1.165, 1.54) is 23.9 Å². The van der Waals surface area contributed by atoms with E-state index < -0.39 is 0 Å². The Bertz CT molecular complexity index is 697. The first kappa shape index (κ1) is 11.2. The summed E-state index contributed by atoms with van der Waals surface area (Å²) in [6.45, 7) is 0. The molecule has 88 valence electrons. The third-order valence-corrected chi connectivity index (χ3v) is 3.55. The van der Waals surface area contributed by atoms with Crippen molar-refractivity contribution in [1.82, 2.24) is 4.98 Å². The van der Waals surface area contributed by atoms with E-state index in [4.69, 9.17) is 0 Å². The molecule has 3 heteroatoms. The van der Waals surface area contributed by atoms with Crippen LogP contribution in [0.3, 0.4) is 0 Å². The summed E-state index contributed by atoms with van der Waals surface area (Å²) in [5.74, 6) is -0.214. The van der Waals surface area contributed by atoms with Crippen molar-refractivity contribution in [2.24, 2.45) is 0 Å². The lowest BCUT2D eigenvalue weighted by molar-refractivity contribution is 0.624. The molecule has 18 heavy (non-hydrogen) atoms. The van der Waals surface area contributed by atoms with Gasteiger partial charge in [0, 0.05) is 21.4 Å². The Morgan fingerprint density at radius 2 is 1.78 bits per heavy atom. The van der Waals surface area contributed by atoms with Gasteiger partial charge in [0.05, 0.1) is 5.52 Å². The van der Waals surface area contributed by atoms with E-state index in [0.29, 0.717) is 0 Å². The normalized spacial score (nSPS) is 10.7. The number of hydrogen-bond acceptors (Lipinski definition) is 2. The Labute approximate surface area is 109 Å². The average molecular weight is 255 g/mol. The van der Waals surface area contributed by atoms with Crippen LogP contribution < -0.4 is 0 Å². The topological polar surface area (TPSA) is 12.9 Å². The predicted octanol–water partition coefficient (Wildman–Crippen LogP) is 4.53. The largest absolute Gasteiger partial charge is 0.255 e. The minimum atomic E-state index is -0.214. The van der Waals surface area contributed by atoms with Gasteiger partial charge >= 0.3 is 0 Å². The average Bonchev–Trinajstić information content (AvgIpc) is 2.39. The molecule has 2 aromatic carbocycles. The van der Waals surface area contributed by atoms with Crippen molar-refractivity contribution in [3.8, 4) is 0 Å². The molecule has 0 radical (unpaired) electrons. The molecule has 0 spiro atoms. The molecule has 1 nitrogen and oxygen atoms in total. The van der Waals surface area contributed by atoms with E-state index in [-0.39, 0.29) is 5.82 Å². The first-order valence-electron chi connectivity index (χ1n) is 5.59. The van der Waals surface area contributed by atoms with E-state index in [9.17, 15) is 4.39 Å². The molecule has 0 amide bonds. The number of hydrogen-bond donors (Lipinski definition) is 0. The molecule has 3 aromatic rings. The van der Waals surface area contributed by atoms with Crippen molar-refractivity contribution in [3.63, 3.8) is 0 Å². The van der Waals surface area contributed by atoms with Crippen molar-refractivity contribution in [2.75, 3.05) is 0 Å². The highest BCUT2D eigenvalue weighted by Gasteiger charge is 2.01. The molecule has 0 fully saturated rings. The molecular weight excluding hydrogens is 245 g/mol. The zero-order valence-corrected chi connectivity index (χ0v) is 10.3. The number of aromatic nitrogens is 1. The first-order valence-corrected chi connectivity index (χ1v) is 6.41. The molecule has 1 aromatic heterocycles. The summed E-state index contributed by atoms with van der Waals surface area (Å²) in [6, 6.07) is 16.6. The Morgan fingerprint density at radius 3 is 2.67 bits per heavy atom. The van der Waals surface area contributed by atoms with Gasteiger partial charge < -0.3 is 0 Å². The quantitative estimate of drug-likeness (QED) is 0.667. The number of pyridine rings is 1. The second-order valence-electron chi connectivity index (χ2n) is 3.92. The third-order valence-electron chi connectivity index (χ3n) is 2.60.